The highest BCUT2D eigenvalue weighted by molar-refractivity contribution is 5.70. The van der Waals surface area contributed by atoms with Gasteiger partial charge in [-0.05, 0) is 42.7 Å². The number of carbonyl (C=O) groups is 1. The Morgan fingerprint density at radius 2 is 2.04 bits per heavy atom. The molecule has 3 atom stereocenters. The molecule has 6 heteroatoms. The second kappa shape index (κ2) is 8.21. The van der Waals surface area contributed by atoms with Crippen molar-refractivity contribution in [2.24, 2.45) is 11.8 Å². The molecule has 0 spiro atoms. The lowest BCUT2D eigenvalue weighted by molar-refractivity contribution is -0.142. The Morgan fingerprint density at radius 1 is 1.32 bits per heavy atom. The van der Waals surface area contributed by atoms with Crippen molar-refractivity contribution < 1.29 is 23.1 Å². The standard InChI is InChI=1S/C19H26F3NO2/c1-12(2)9-14(18(24)25)11-23-17-8-4-7-16(17)13-5-3-6-15(10-13)19(20,21)22/h3,5-6,10,12,14,16-17,23H,4,7-9,11H2,1-2H3,(H,24,25). The first-order valence-corrected chi connectivity index (χ1v) is 8.81. The number of rotatable bonds is 7. The number of halogens is 3. The highest BCUT2D eigenvalue weighted by atomic mass is 19.4. The number of benzene rings is 1. The maximum Gasteiger partial charge on any atom is 0.416 e. The van der Waals surface area contributed by atoms with Crippen LogP contribution in [0, 0.1) is 11.8 Å². The van der Waals surface area contributed by atoms with E-state index in [-0.39, 0.29) is 17.9 Å². The Hall–Kier alpha value is -1.56. The molecule has 0 heterocycles. The smallest absolute Gasteiger partial charge is 0.416 e. The van der Waals surface area contributed by atoms with Crippen molar-refractivity contribution in [1.29, 1.82) is 0 Å². The first-order chi connectivity index (χ1) is 11.7. The molecule has 0 aliphatic heterocycles. The lowest BCUT2D eigenvalue weighted by Crippen LogP contribution is -2.38. The van der Waals surface area contributed by atoms with Crippen LogP contribution in [0.5, 0.6) is 0 Å². The van der Waals surface area contributed by atoms with Gasteiger partial charge in [-0.3, -0.25) is 4.79 Å². The third kappa shape index (κ3) is 5.46. The van der Waals surface area contributed by atoms with E-state index >= 15 is 0 Å². The molecule has 1 fully saturated rings. The van der Waals surface area contributed by atoms with Crippen molar-refractivity contribution in [2.75, 3.05) is 6.54 Å². The van der Waals surface area contributed by atoms with Crippen molar-refractivity contribution in [3.8, 4) is 0 Å². The number of hydrogen-bond acceptors (Lipinski definition) is 2. The van der Waals surface area contributed by atoms with Gasteiger partial charge in [0.05, 0.1) is 11.5 Å². The molecule has 2 N–H and O–H groups in total. The minimum atomic E-state index is -4.34. The number of alkyl halides is 3. The topological polar surface area (TPSA) is 49.3 Å². The van der Waals surface area contributed by atoms with Crippen LogP contribution in [-0.2, 0) is 11.0 Å². The zero-order valence-electron chi connectivity index (χ0n) is 14.6. The second-order valence-electron chi connectivity index (χ2n) is 7.34. The van der Waals surface area contributed by atoms with Crippen molar-refractivity contribution in [3.63, 3.8) is 0 Å². The van der Waals surface area contributed by atoms with Gasteiger partial charge < -0.3 is 10.4 Å². The molecular formula is C19H26F3NO2. The first kappa shape index (κ1) is 19.8. The maximum atomic E-state index is 12.9. The Morgan fingerprint density at radius 3 is 2.64 bits per heavy atom. The third-order valence-corrected chi connectivity index (χ3v) is 4.89. The van der Waals surface area contributed by atoms with Crippen LogP contribution in [0.15, 0.2) is 24.3 Å². The van der Waals surface area contributed by atoms with Gasteiger partial charge in [-0.1, -0.05) is 38.5 Å². The lowest BCUT2D eigenvalue weighted by Gasteiger charge is -2.24. The van der Waals surface area contributed by atoms with Crippen LogP contribution in [-0.4, -0.2) is 23.7 Å². The third-order valence-electron chi connectivity index (χ3n) is 4.89. The molecule has 3 nitrogen and oxygen atoms in total. The number of nitrogens with one attached hydrogen (secondary N) is 1. The number of hydrogen-bond donors (Lipinski definition) is 2. The first-order valence-electron chi connectivity index (χ1n) is 8.81. The molecule has 2 rings (SSSR count). The van der Waals surface area contributed by atoms with Crippen molar-refractivity contribution in [3.05, 3.63) is 35.4 Å². The fourth-order valence-corrected chi connectivity index (χ4v) is 3.68. The Bertz CT molecular complexity index is 586. The summed E-state index contributed by atoms with van der Waals surface area (Å²) in [5.74, 6) is -1.01. The van der Waals surface area contributed by atoms with E-state index in [1.54, 1.807) is 6.07 Å². The molecule has 0 bridgehead atoms. The van der Waals surface area contributed by atoms with Gasteiger partial charge in [-0.15, -0.1) is 0 Å². The van der Waals surface area contributed by atoms with Crippen LogP contribution in [0.1, 0.15) is 56.6 Å². The summed E-state index contributed by atoms with van der Waals surface area (Å²) in [5.41, 5.74) is 0.0550. The van der Waals surface area contributed by atoms with Crippen LogP contribution < -0.4 is 5.32 Å². The van der Waals surface area contributed by atoms with Gasteiger partial charge in [0.1, 0.15) is 0 Å². The van der Waals surface area contributed by atoms with E-state index < -0.39 is 23.6 Å². The fraction of sp³-hybridized carbons (Fsp3) is 0.632. The summed E-state index contributed by atoms with van der Waals surface area (Å²) in [7, 11) is 0. The van der Waals surface area contributed by atoms with Gasteiger partial charge in [-0.2, -0.15) is 13.2 Å². The zero-order valence-corrected chi connectivity index (χ0v) is 14.6. The molecule has 1 aliphatic rings. The van der Waals surface area contributed by atoms with Crippen LogP contribution in [0.4, 0.5) is 13.2 Å². The summed E-state index contributed by atoms with van der Waals surface area (Å²) >= 11 is 0. The quantitative estimate of drug-likeness (QED) is 0.745. The molecule has 140 valence electrons. The van der Waals surface area contributed by atoms with E-state index in [1.807, 2.05) is 13.8 Å². The predicted molar refractivity (Wildman–Crippen MR) is 90.4 cm³/mol. The Kier molecular flexibility index (Phi) is 6.49. The second-order valence-corrected chi connectivity index (χ2v) is 7.34. The zero-order chi connectivity index (χ0) is 18.6. The monoisotopic (exact) mass is 357 g/mol. The summed E-state index contributed by atoms with van der Waals surface area (Å²) in [6, 6.07) is 5.53. The molecular weight excluding hydrogens is 331 g/mol. The fourth-order valence-electron chi connectivity index (χ4n) is 3.68. The minimum absolute atomic E-state index is 0.00389. The van der Waals surface area contributed by atoms with E-state index in [0.29, 0.717) is 18.5 Å². The molecule has 25 heavy (non-hydrogen) atoms. The summed E-state index contributed by atoms with van der Waals surface area (Å²) in [5, 5.41) is 12.7. The minimum Gasteiger partial charge on any atom is -0.481 e. The Balaban J connectivity index is 2.06. The SMILES string of the molecule is CC(C)CC(CNC1CCCC1c1cccc(C(F)(F)F)c1)C(=O)O. The molecule has 0 radical (unpaired) electrons. The number of carboxylic acid groups (broad SMARTS) is 1. The molecule has 1 saturated carbocycles. The van der Waals surface area contributed by atoms with Gasteiger partial charge in [0, 0.05) is 12.6 Å². The van der Waals surface area contributed by atoms with E-state index in [9.17, 15) is 23.1 Å². The van der Waals surface area contributed by atoms with Crippen molar-refractivity contribution in [1.82, 2.24) is 5.32 Å². The Labute approximate surface area is 146 Å². The van der Waals surface area contributed by atoms with E-state index in [2.05, 4.69) is 5.32 Å². The number of aliphatic carboxylic acids is 1. The average Bonchev–Trinajstić information content (AvgIpc) is 2.98. The normalized spacial score (nSPS) is 22.3. The van der Waals surface area contributed by atoms with E-state index in [0.717, 1.165) is 25.3 Å². The van der Waals surface area contributed by atoms with E-state index in [1.165, 1.54) is 12.1 Å². The molecule has 0 aromatic heterocycles. The van der Waals surface area contributed by atoms with Crippen LogP contribution >= 0.6 is 0 Å². The average molecular weight is 357 g/mol. The van der Waals surface area contributed by atoms with Crippen molar-refractivity contribution in [2.45, 2.75) is 57.7 Å². The van der Waals surface area contributed by atoms with Gasteiger partial charge in [0.2, 0.25) is 0 Å². The van der Waals surface area contributed by atoms with E-state index in [4.69, 9.17) is 0 Å². The summed E-state index contributed by atoms with van der Waals surface area (Å²) < 4.78 is 38.8. The van der Waals surface area contributed by atoms with Crippen LogP contribution in [0.2, 0.25) is 0 Å². The van der Waals surface area contributed by atoms with Gasteiger partial charge in [0.15, 0.2) is 0 Å². The molecule has 1 aliphatic carbocycles. The summed E-state index contributed by atoms with van der Waals surface area (Å²) in [6.45, 7) is 4.32. The maximum absolute atomic E-state index is 12.9. The summed E-state index contributed by atoms with van der Waals surface area (Å²) in [4.78, 5) is 11.4. The van der Waals surface area contributed by atoms with Gasteiger partial charge >= 0.3 is 12.1 Å². The lowest BCUT2D eigenvalue weighted by atomic mass is 9.91. The van der Waals surface area contributed by atoms with Crippen LogP contribution in [0.25, 0.3) is 0 Å². The highest BCUT2D eigenvalue weighted by Crippen LogP contribution is 2.37. The van der Waals surface area contributed by atoms with Crippen LogP contribution in [0.3, 0.4) is 0 Å². The summed E-state index contributed by atoms with van der Waals surface area (Å²) in [6.07, 6.45) is -1.15. The molecule has 3 unspecified atom stereocenters. The number of carboxylic acids is 1. The largest absolute Gasteiger partial charge is 0.481 e. The van der Waals surface area contributed by atoms with Gasteiger partial charge in [0.25, 0.3) is 0 Å². The highest BCUT2D eigenvalue weighted by Gasteiger charge is 2.34. The van der Waals surface area contributed by atoms with Crippen molar-refractivity contribution >= 4 is 5.97 Å². The molecule has 1 aromatic carbocycles. The molecule has 1 aromatic rings. The van der Waals surface area contributed by atoms with Gasteiger partial charge in [-0.25, -0.2) is 0 Å². The molecule has 0 saturated heterocycles. The predicted octanol–water partition coefficient (Wildman–Crippen LogP) is 4.68. The molecule has 0 amide bonds.